The Balaban J connectivity index is 1.63. The van der Waals surface area contributed by atoms with Crippen molar-refractivity contribution in [2.45, 2.75) is 25.0 Å². The summed E-state index contributed by atoms with van der Waals surface area (Å²) in [4.78, 5) is 15.1. The highest BCUT2D eigenvalue weighted by Gasteiger charge is 2.40. The third-order valence-electron chi connectivity index (χ3n) is 5.83. The molecule has 4 heteroatoms. The summed E-state index contributed by atoms with van der Waals surface area (Å²) >= 11 is 0. The molecule has 136 valence electrons. The van der Waals surface area contributed by atoms with E-state index in [0.717, 1.165) is 17.8 Å². The Morgan fingerprint density at radius 2 is 1.75 bits per heavy atom. The highest BCUT2D eigenvalue weighted by atomic mass is 16.2. The van der Waals surface area contributed by atoms with Crippen molar-refractivity contribution in [3.05, 3.63) is 101 Å². The van der Waals surface area contributed by atoms with Crippen molar-refractivity contribution >= 4 is 11.6 Å². The number of para-hydroxylation sites is 1. The average Bonchev–Trinajstić information content (AvgIpc) is 2.75. The Bertz CT molecular complexity index is 1110. The minimum absolute atomic E-state index is 0.0326. The van der Waals surface area contributed by atoms with Gasteiger partial charge in [0.15, 0.2) is 0 Å². The van der Waals surface area contributed by atoms with Crippen LogP contribution in [0.1, 0.15) is 38.5 Å². The lowest BCUT2D eigenvalue weighted by Crippen LogP contribution is -2.58. The van der Waals surface area contributed by atoms with Gasteiger partial charge in [-0.1, -0.05) is 54.6 Å². The van der Waals surface area contributed by atoms with Crippen molar-refractivity contribution in [2.24, 2.45) is 0 Å². The number of nitriles is 1. The van der Waals surface area contributed by atoms with Crippen molar-refractivity contribution < 1.29 is 4.79 Å². The van der Waals surface area contributed by atoms with E-state index in [1.807, 2.05) is 48.5 Å². The molecule has 0 fully saturated rings. The van der Waals surface area contributed by atoms with E-state index in [-0.39, 0.29) is 18.0 Å². The lowest BCUT2D eigenvalue weighted by atomic mass is 9.80. The fraction of sp³-hybridized carbons (Fsp3) is 0.167. The minimum atomic E-state index is -0.135. The number of hydrogen-bond acceptors (Lipinski definition) is 3. The fourth-order valence-electron chi connectivity index (χ4n) is 4.52. The van der Waals surface area contributed by atoms with Crippen LogP contribution in [-0.4, -0.2) is 12.1 Å². The Morgan fingerprint density at radius 1 is 1.00 bits per heavy atom. The molecule has 1 N–H and O–H groups in total. The number of hydrogen-bond donors (Lipinski definition) is 1. The highest BCUT2D eigenvalue weighted by Crippen LogP contribution is 2.40. The smallest absolute Gasteiger partial charge is 0.254 e. The van der Waals surface area contributed by atoms with Crippen LogP contribution in [0.4, 0.5) is 5.69 Å². The van der Waals surface area contributed by atoms with Gasteiger partial charge in [-0.05, 0) is 41.3 Å². The summed E-state index contributed by atoms with van der Waals surface area (Å²) < 4.78 is 0. The minimum Gasteiger partial charge on any atom is -0.346 e. The lowest BCUT2D eigenvalue weighted by molar-refractivity contribution is 0.0916. The van der Waals surface area contributed by atoms with Gasteiger partial charge >= 0.3 is 0 Å². The van der Waals surface area contributed by atoms with Crippen LogP contribution in [0.15, 0.2) is 72.8 Å². The zero-order valence-electron chi connectivity index (χ0n) is 15.3. The Kier molecular flexibility index (Phi) is 3.87. The first-order valence-electron chi connectivity index (χ1n) is 9.48. The first-order chi connectivity index (χ1) is 13.8. The standard InChI is InChI=1S/C24H19N3O/c25-14-17-8-2-1-7-16(17)13-21-19-10-4-3-9-18(19)15-27-22-12-6-5-11-20(22)24(28)26-23(21)27/h1-12,21,23H,13,15H2,(H,26,28). The molecule has 28 heavy (non-hydrogen) atoms. The lowest BCUT2D eigenvalue weighted by Gasteiger charge is -2.47. The van der Waals surface area contributed by atoms with Gasteiger partial charge in [0.1, 0.15) is 6.17 Å². The molecular formula is C24H19N3O. The Morgan fingerprint density at radius 3 is 2.64 bits per heavy atom. The largest absolute Gasteiger partial charge is 0.346 e. The average molecular weight is 365 g/mol. The SMILES string of the molecule is N#Cc1ccccc1CC1c2ccccc2CN2c3ccccc3C(=O)NC12. The maximum Gasteiger partial charge on any atom is 0.254 e. The summed E-state index contributed by atoms with van der Waals surface area (Å²) in [7, 11) is 0. The first-order valence-corrected chi connectivity index (χ1v) is 9.48. The topological polar surface area (TPSA) is 56.1 Å². The molecule has 0 spiro atoms. The molecule has 2 unspecified atom stereocenters. The summed E-state index contributed by atoms with van der Waals surface area (Å²) in [5, 5.41) is 12.7. The van der Waals surface area contributed by atoms with Gasteiger partial charge in [-0.25, -0.2) is 0 Å². The first kappa shape index (κ1) is 16.6. The van der Waals surface area contributed by atoms with Crippen molar-refractivity contribution in [2.75, 3.05) is 4.90 Å². The molecule has 0 saturated carbocycles. The molecule has 2 atom stereocenters. The van der Waals surface area contributed by atoms with Crippen molar-refractivity contribution in [1.82, 2.24) is 5.32 Å². The second kappa shape index (κ2) is 6.54. The van der Waals surface area contributed by atoms with Crippen LogP contribution in [0, 0.1) is 11.3 Å². The second-order valence-electron chi connectivity index (χ2n) is 7.34. The van der Waals surface area contributed by atoms with Gasteiger partial charge in [0.25, 0.3) is 5.91 Å². The van der Waals surface area contributed by atoms with Crippen molar-refractivity contribution in [3.8, 4) is 6.07 Å². The van der Waals surface area contributed by atoms with E-state index in [0.29, 0.717) is 17.5 Å². The van der Waals surface area contributed by atoms with Crippen molar-refractivity contribution in [1.29, 1.82) is 5.26 Å². The van der Waals surface area contributed by atoms with Gasteiger partial charge in [-0.3, -0.25) is 4.79 Å². The molecular weight excluding hydrogens is 346 g/mol. The highest BCUT2D eigenvalue weighted by molar-refractivity contribution is 6.02. The van der Waals surface area contributed by atoms with Gasteiger partial charge in [-0.15, -0.1) is 0 Å². The van der Waals surface area contributed by atoms with Crippen LogP contribution in [-0.2, 0) is 13.0 Å². The molecule has 3 aromatic carbocycles. The molecule has 2 heterocycles. The molecule has 1 amide bonds. The van der Waals surface area contributed by atoms with Crippen LogP contribution >= 0.6 is 0 Å². The summed E-state index contributed by atoms with van der Waals surface area (Å²) in [6.45, 7) is 0.758. The van der Waals surface area contributed by atoms with Crippen LogP contribution < -0.4 is 10.2 Å². The zero-order chi connectivity index (χ0) is 19.1. The van der Waals surface area contributed by atoms with Gasteiger partial charge < -0.3 is 10.2 Å². The van der Waals surface area contributed by atoms with E-state index >= 15 is 0 Å². The van der Waals surface area contributed by atoms with Gasteiger partial charge in [0, 0.05) is 12.5 Å². The summed E-state index contributed by atoms with van der Waals surface area (Å²) in [6.07, 6.45) is 0.564. The van der Waals surface area contributed by atoms with Crippen LogP contribution in [0.2, 0.25) is 0 Å². The quantitative estimate of drug-likeness (QED) is 0.747. The van der Waals surface area contributed by atoms with Gasteiger partial charge in [-0.2, -0.15) is 5.26 Å². The predicted octanol–water partition coefficient (Wildman–Crippen LogP) is 3.97. The summed E-state index contributed by atoms with van der Waals surface area (Å²) in [6, 6.07) is 26.2. The maximum atomic E-state index is 12.8. The van der Waals surface area contributed by atoms with Crippen LogP contribution in [0.5, 0.6) is 0 Å². The molecule has 0 aliphatic carbocycles. The normalized spacial score (nSPS) is 19.7. The van der Waals surface area contributed by atoms with E-state index in [1.54, 1.807) is 0 Å². The molecule has 2 aliphatic heterocycles. The van der Waals surface area contributed by atoms with Crippen LogP contribution in [0.25, 0.3) is 0 Å². The molecule has 0 bridgehead atoms. The predicted molar refractivity (Wildman–Crippen MR) is 108 cm³/mol. The van der Waals surface area contributed by atoms with E-state index in [1.165, 1.54) is 11.1 Å². The van der Waals surface area contributed by atoms with E-state index in [2.05, 4.69) is 40.6 Å². The number of anilines is 1. The monoisotopic (exact) mass is 365 g/mol. The zero-order valence-corrected chi connectivity index (χ0v) is 15.3. The molecule has 2 aliphatic rings. The number of rotatable bonds is 2. The molecule has 0 radical (unpaired) electrons. The van der Waals surface area contributed by atoms with E-state index in [9.17, 15) is 10.1 Å². The number of amides is 1. The third kappa shape index (κ3) is 2.56. The van der Waals surface area contributed by atoms with E-state index < -0.39 is 0 Å². The Labute approximate surface area is 164 Å². The molecule has 5 rings (SSSR count). The number of carbonyl (C=O) groups is 1. The Hall–Kier alpha value is -3.58. The number of carbonyl (C=O) groups excluding carboxylic acids is 1. The third-order valence-corrected chi connectivity index (χ3v) is 5.83. The van der Waals surface area contributed by atoms with Crippen LogP contribution in [0.3, 0.4) is 0 Å². The van der Waals surface area contributed by atoms with Crippen molar-refractivity contribution in [3.63, 3.8) is 0 Å². The fourth-order valence-corrected chi connectivity index (χ4v) is 4.52. The summed E-state index contributed by atoms with van der Waals surface area (Å²) in [5.74, 6) is 0.0338. The number of nitrogens with one attached hydrogen (secondary N) is 1. The van der Waals surface area contributed by atoms with Gasteiger partial charge in [0.05, 0.1) is 22.9 Å². The van der Waals surface area contributed by atoms with Gasteiger partial charge in [0.2, 0.25) is 0 Å². The molecule has 0 aromatic heterocycles. The van der Waals surface area contributed by atoms with E-state index in [4.69, 9.17) is 0 Å². The number of benzene rings is 3. The second-order valence-corrected chi connectivity index (χ2v) is 7.34. The number of nitrogens with zero attached hydrogens (tertiary/aromatic N) is 2. The maximum absolute atomic E-state index is 12.8. The number of fused-ring (bicyclic) bond motifs is 4. The molecule has 3 aromatic rings. The molecule has 4 nitrogen and oxygen atoms in total. The molecule has 0 saturated heterocycles. The summed E-state index contributed by atoms with van der Waals surface area (Å²) in [5.41, 5.74) is 5.92.